The van der Waals surface area contributed by atoms with E-state index in [9.17, 15) is 5.11 Å². The predicted octanol–water partition coefficient (Wildman–Crippen LogP) is 5.91. The summed E-state index contributed by atoms with van der Waals surface area (Å²) in [5.41, 5.74) is 1.92. The fourth-order valence-electron chi connectivity index (χ4n) is 3.23. The standard InChI is InChI=1S/C21H32N2O/c1-3-5-7-9-16-23(17-10-8-6-4-2)19-13-14-20(24)21-18(19)12-11-15-22-21/h11-15,24H,3-10,16-17H2,1-2H3. The Hall–Kier alpha value is -1.77. The molecule has 0 atom stereocenters. The van der Waals surface area contributed by atoms with Gasteiger partial charge in [0.1, 0.15) is 11.3 Å². The number of pyridine rings is 1. The zero-order valence-corrected chi connectivity index (χ0v) is 15.3. The van der Waals surface area contributed by atoms with Crippen molar-refractivity contribution in [3.05, 3.63) is 30.5 Å². The van der Waals surface area contributed by atoms with E-state index in [0.717, 1.165) is 18.5 Å². The minimum Gasteiger partial charge on any atom is -0.506 e. The van der Waals surface area contributed by atoms with Crippen molar-refractivity contribution in [3.8, 4) is 5.75 Å². The molecule has 2 aromatic rings. The molecule has 0 unspecified atom stereocenters. The second-order valence-corrected chi connectivity index (χ2v) is 6.61. The maximum atomic E-state index is 10.1. The number of hydrogen-bond acceptors (Lipinski definition) is 3. The number of aromatic nitrogens is 1. The van der Waals surface area contributed by atoms with Crippen molar-refractivity contribution in [3.63, 3.8) is 0 Å². The van der Waals surface area contributed by atoms with Crippen LogP contribution in [0.5, 0.6) is 5.75 Å². The van der Waals surface area contributed by atoms with E-state index in [1.165, 1.54) is 57.1 Å². The van der Waals surface area contributed by atoms with Crippen LogP contribution < -0.4 is 4.90 Å². The van der Waals surface area contributed by atoms with E-state index >= 15 is 0 Å². The SMILES string of the molecule is CCCCCCN(CCCCCC)c1ccc(O)c2ncccc12. The van der Waals surface area contributed by atoms with Crippen LogP contribution in [0.2, 0.25) is 0 Å². The molecule has 0 fully saturated rings. The predicted molar refractivity (Wildman–Crippen MR) is 104 cm³/mol. The van der Waals surface area contributed by atoms with Gasteiger partial charge in [-0.15, -0.1) is 0 Å². The molecule has 0 aliphatic heterocycles. The van der Waals surface area contributed by atoms with Gasteiger partial charge in [-0.2, -0.15) is 0 Å². The maximum absolute atomic E-state index is 10.1. The molecule has 0 bridgehead atoms. The summed E-state index contributed by atoms with van der Waals surface area (Å²) >= 11 is 0. The highest BCUT2D eigenvalue weighted by Crippen LogP contribution is 2.32. The van der Waals surface area contributed by atoms with Gasteiger partial charge in [-0.1, -0.05) is 52.4 Å². The monoisotopic (exact) mass is 328 g/mol. The van der Waals surface area contributed by atoms with Crippen LogP contribution in [-0.2, 0) is 0 Å². The van der Waals surface area contributed by atoms with Crippen LogP contribution in [0.4, 0.5) is 5.69 Å². The van der Waals surface area contributed by atoms with E-state index in [4.69, 9.17) is 0 Å². The third kappa shape index (κ3) is 5.12. The Labute approximate surface area is 146 Å². The van der Waals surface area contributed by atoms with Crippen LogP contribution in [0.15, 0.2) is 30.5 Å². The summed E-state index contributed by atoms with van der Waals surface area (Å²) in [6, 6.07) is 7.87. The molecule has 24 heavy (non-hydrogen) atoms. The molecule has 1 aromatic carbocycles. The number of aromatic hydroxyl groups is 1. The van der Waals surface area contributed by atoms with Gasteiger partial charge in [0.25, 0.3) is 0 Å². The average Bonchev–Trinajstić information content (AvgIpc) is 2.61. The molecule has 1 N–H and O–H groups in total. The largest absolute Gasteiger partial charge is 0.506 e. The van der Waals surface area contributed by atoms with Crippen molar-refractivity contribution < 1.29 is 5.11 Å². The summed E-state index contributed by atoms with van der Waals surface area (Å²) < 4.78 is 0. The highest BCUT2D eigenvalue weighted by atomic mass is 16.3. The Morgan fingerprint density at radius 3 is 2.17 bits per heavy atom. The third-order valence-electron chi connectivity index (χ3n) is 4.63. The summed E-state index contributed by atoms with van der Waals surface area (Å²) in [4.78, 5) is 6.86. The Morgan fingerprint density at radius 1 is 0.875 bits per heavy atom. The lowest BCUT2D eigenvalue weighted by Gasteiger charge is -2.26. The fraction of sp³-hybridized carbons (Fsp3) is 0.571. The first-order chi connectivity index (χ1) is 11.8. The van der Waals surface area contributed by atoms with E-state index in [1.54, 1.807) is 12.3 Å². The van der Waals surface area contributed by atoms with Crippen LogP contribution in [0.25, 0.3) is 10.9 Å². The smallest absolute Gasteiger partial charge is 0.141 e. The Kier molecular flexibility index (Phi) is 7.87. The van der Waals surface area contributed by atoms with Crippen LogP contribution in [0, 0.1) is 0 Å². The second kappa shape index (κ2) is 10.2. The number of unbranched alkanes of at least 4 members (excludes halogenated alkanes) is 6. The molecule has 1 heterocycles. The zero-order valence-electron chi connectivity index (χ0n) is 15.3. The minimum absolute atomic E-state index is 0.270. The topological polar surface area (TPSA) is 36.4 Å². The van der Waals surface area contributed by atoms with Gasteiger partial charge in [-0.3, -0.25) is 4.98 Å². The highest BCUT2D eigenvalue weighted by molar-refractivity contribution is 5.95. The van der Waals surface area contributed by atoms with Crippen LogP contribution in [0.1, 0.15) is 65.2 Å². The first-order valence-electron chi connectivity index (χ1n) is 9.59. The molecule has 0 amide bonds. The Bertz CT molecular complexity index is 600. The lowest BCUT2D eigenvalue weighted by atomic mass is 10.1. The summed E-state index contributed by atoms with van der Waals surface area (Å²) in [6.07, 6.45) is 11.9. The summed E-state index contributed by atoms with van der Waals surface area (Å²) in [5, 5.41) is 11.1. The maximum Gasteiger partial charge on any atom is 0.141 e. The molecule has 3 nitrogen and oxygen atoms in total. The number of benzene rings is 1. The first-order valence-corrected chi connectivity index (χ1v) is 9.59. The number of hydrogen-bond donors (Lipinski definition) is 1. The molecule has 0 aliphatic rings. The van der Waals surface area contributed by atoms with Crippen molar-refractivity contribution in [1.29, 1.82) is 0 Å². The van der Waals surface area contributed by atoms with E-state index in [2.05, 4.69) is 35.9 Å². The lowest BCUT2D eigenvalue weighted by molar-refractivity contribution is 0.480. The minimum atomic E-state index is 0.270. The Balaban J connectivity index is 2.16. The van der Waals surface area contributed by atoms with Crippen LogP contribution in [-0.4, -0.2) is 23.2 Å². The van der Waals surface area contributed by atoms with Crippen molar-refractivity contribution in [2.45, 2.75) is 65.2 Å². The number of anilines is 1. The summed E-state index contributed by atoms with van der Waals surface area (Å²) in [7, 11) is 0. The van der Waals surface area contributed by atoms with Crippen LogP contribution >= 0.6 is 0 Å². The number of fused-ring (bicyclic) bond motifs is 1. The van der Waals surface area contributed by atoms with Crippen molar-refractivity contribution in [2.24, 2.45) is 0 Å². The molecule has 0 saturated heterocycles. The van der Waals surface area contributed by atoms with Gasteiger partial charge in [-0.05, 0) is 37.1 Å². The van der Waals surface area contributed by atoms with E-state index in [0.29, 0.717) is 5.52 Å². The summed E-state index contributed by atoms with van der Waals surface area (Å²) in [6.45, 7) is 6.67. The van der Waals surface area contributed by atoms with Crippen molar-refractivity contribution >= 4 is 16.6 Å². The molecule has 2 rings (SSSR count). The number of phenolic OH excluding ortho intramolecular Hbond substituents is 1. The van der Waals surface area contributed by atoms with Gasteiger partial charge >= 0.3 is 0 Å². The van der Waals surface area contributed by atoms with Gasteiger partial charge in [0.05, 0.1) is 0 Å². The molecule has 132 valence electrons. The molecule has 1 aromatic heterocycles. The van der Waals surface area contributed by atoms with E-state index in [1.807, 2.05) is 6.07 Å². The normalized spacial score (nSPS) is 11.1. The van der Waals surface area contributed by atoms with Crippen molar-refractivity contribution in [1.82, 2.24) is 4.98 Å². The van der Waals surface area contributed by atoms with Crippen LogP contribution in [0.3, 0.4) is 0 Å². The molecular weight excluding hydrogens is 296 g/mol. The van der Waals surface area contributed by atoms with Gasteiger partial charge in [-0.25, -0.2) is 0 Å². The molecule has 0 aliphatic carbocycles. The molecule has 0 radical (unpaired) electrons. The molecule has 0 saturated carbocycles. The van der Waals surface area contributed by atoms with Crippen molar-refractivity contribution in [2.75, 3.05) is 18.0 Å². The first kappa shape index (κ1) is 18.6. The average molecular weight is 329 g/mol. The van der Waals surface area contributed by atoms with Gasteiger partial charge < -0.3 is 10.0 Å². The fourth-order valence-corrected chi connectivity index (χ4v) is 3.23. The molecule has 0 spiro atoms. The lowest BCUT2D eigenvalue weighted by Crippen LogP contribution is -2.26. The Morgan fingerprint density at radius 2 is 1.54 bits per heavy atom. The second-order valence-electron chi connectivity index (χ2n) is 6.61. The highest BCUT2D eigenvalue weighted by Gasteiger charge is 2.12. The third-order valence-corrected chi connectivity index (χ3v) is 4.63. The number of phenols is 1. The zero-order chi connectivity index (χ0) is 17.2. The van der Waals surface area contributed by atoms with Gasteiger partial charge in [0.2, 0.25) is 0 Å². The number of nitrogens with zero attached hydrogens (tertiary/aromatic N) is 2. The van der Waals surface area contributed by atoms with E-state index < -0.39 is 0 Å². The number of rotatable bonds is 11. The summed E-state index contributed by atoms with van der Waals surface area (Å²) in [5.74, 6) is 0.270. The van der Waals surface area contributed by atoms with Gasteiger partial charge in [0.15, 0.2) is 0 Å². The molecule has 3 heteroatoms. The molecular formula is C21H32N2O. The van der Waals surface area contributed by atoms with E-state index in [-0.39, 0.29) is 5.75 Å². The van der Waals surface area contributed by atoms with Gasteiger partial charge in [0, 0.05) is 30.4 Å². The quantitative estimate of drug-likeness (QED) is 0.521.